The summed E-state index contributed by atoms with van der Waals surface area (Å²) in [4.78, 5) is 0. The van der Waals surface area contributed by atoms with Crippen LogP contribution in [0.1, 0.15) is 6.42 Å². The van der Waals surface area contributed by atoms with Crippen molar-refractivity contribution in [2.75, 3.05) is 4.43 Å². The Morgan fingerprint density at radius 2 is 2.56 bits per heavy atom. The largest absolute Gasteiger partial charge is 0.213 e. The van der Waals surface area contributed by atoms with Gasteiger partial charge in [0, 0.05) is 4.43 Å². The SMILES string of the molecule is BC1CC(CI)C=C1F. The molecule has 0 amide bonds. The monoisotopic (exact) mass is 238 g/mol. The summed E-state index contributed by atoms with van der Waals surface area (Å²) >= 11 is 2.30. The Balaban J connectivity index is 2.52. The minimum atomic E-state index is 0.0941. The first-order valence-electron chi connectivity index (χ1n) is 3.17. The summed E-state index contributed by atoms with van der Waals surface area (Å²) in [6.45, 7) is 0. The van der Waals surface area contributed by atoms with Gasteiger partial charge in [-0.15, -0.1) is 0 Å². The predicted molar refractivity (Wildman–Crippen MR) is 48.5 cm³/mol. The molecule has 3 heteroatoms. The molecule has 0 aliphatic heterocycles. The van der Waals surface area contributed by atoms with E-state index in [-0.39, 0.29) is 11.6 Å². The Morgan fingerprint density at radius 1 is 1.89 bits per heavy atom. The van der Waals surface area contributed by atoms with Gasteiger partial charge in [-0.1, -0.05) is 22.6 Å². The van der Waals surface area contributed by atoms with Gasteiger partial charge in [-0.3, -0.25) is 0 Å². The van der Waals surface area contributed by atoms with Crippen LogP contribution in [0.3, 0.4) is 0 Å². The van der Waals surface area contributed by atoms with Gasteiger partial charge in [-0.25, -0.2) is 4.39 Å². The van der Waals surface area contributed by atoms with Gasteiger partial charge in [-0.05, 0) is 24.2 Å². The summed E-state index contributed by atoms with van der Waals surface area (Å²) in [5, 5.41) is 0. The number of halogens is 2. The van der Waals surface area contributed by atoms with Crippen molar-refractivity contribution in [3.05, 3.63) is 11.9 Å². The summed E-state index contributed by atoms with van der Waals surface area (Å²) in [5.41, 5.74) is 0. The smallest absolute Gasteiger partial charge is 0.114 e. The van der Waals surface area contributed by atoms with Crippen LogP contribution in [-0.4, -0.2) is 12.3 Å². The van der Waals surface area contributed by atoms with Crippen LogP contribution in [0, 0.1) is 5.92 Å². The first-order valence-corrected chi connectivity index (χ1v) is 4.69. The van der Waals surface area contributed by atoms with Crippen LogP contribution in [-0.2, 0) is 0 Å². The van der Waals surface area contributed by atoms with E-state index in [0.717, 1.165) is 10.8 Å². The molecule has 0 N–H and O–H groups in total. The second-order valence-corrected chi connectivity index (χ2v) is 3.48. The molecule has 1 aliphatic carbocycles. The van der Waals surface area contributed by atoms with Gasteiger partial charge in [-0.2, -0.15) is 0 Å². The number of rotatable bonds is 1. The lowest BCUT2D eigenvalue weighted by atomic mass is 9.85. The highest BCUT2D eigenvalue weighted by molar-refractivity contribution is 14.1. The van der Waals surface area contributed by atoms with E-state index in [1.54, 1.807) is 6.08 Å². The zero-order chi connectivity index (χ0) is 6.85. The first-order chi connectivity index (χ1) is 4.24. The minimum absolute atomic E-state index is 0.0941. The molecule has 0 aromatic carbocycles. The zero-order valence-corrected chi connectivity index (χ0v) is 7.56. The normalized spacial score (nSPS) is 34.7. The van der Waals surface area contributed by atoms with E-state index in [9.17, 15) is 4.39 Å². The van der Waals surface area contributed by atoms with Crippen molar-refractivity contribution in [2.45, 2.75) is 12.2 Å². The lowest BCUT2D eigenvalue weighted by Crippen LogP contribution is -1.94. The Kier molecular flexibility index (Phi) is 2.55. The topological polar surface area (TPSA) is 0 Å². The zero-order valence-electron chi connectivity index (χ0n) is 5.40. The van der Waals surface area contributed by atoms with E-state index < -0.39 is 0 Å². The third-order valence-electron chi connectivity index (χ3n) is 1.72. The molecule has 9 heavy (non-hydrogen) atoms. The van der Waals surface area contributed by atoms with Gasteiger partial charge < -0.3 is 0 Å². The highest BCUT2D eigenvalue weighted by Crippen LogP contribution is 2.34. The Morgan fingerprint density at radius 3 is 2.78 bits per heavy atom. The fraction of sp³-hybridized carbons (Fsp3) is 0.667. The van der Waals surface area contributed by atoms with Crippen LogP contribution in [0.25, 0.3) is 0 Å². The average Bonchev–Trinajstić information content (AvgIpc) is 2.13. The fourth-order valence-corrected chi connectivity index (χ4v) is 1.75. The van der Waals surface area contributed by atoms with Crippen molar-refractivity contribution < 1.29 is 4.39 Å². The fourth-order valence-electron chi connectivity index (χ4n) is 1.13. The first kappa shape index (κ1) is 7.57. The van der Waals surface area contributed by atoms with Crippen molar-refractivity contribution in [1.82, 2.24) is 0 Å². The van der Waals surface area contributed by atoms with E-state index >= 15 is 0 Å². The highest BCUT2D eigenvalue weighted by atomic mass is 127. The molecule has 0 aromatic heterocycles. The molecule has 1 aliphatic rings. The van der Waals surface area contributed by atoms with Gasteiger partial charge in [0.15, 0.2) is 0 Å². The second kappa shape index (κ2) is 3.04. The van der Waals surface area contributed by atoms with Gasteiger partial charge >= 0.3 is 0 Å². The number of allylic oxidation sites excluding steroid dienone is 2. The molecule has 2 atom stereocenters. The summed E-state index contributed by atoms with van der Waals surface area (Å²) in [5.74, 6) is 0.780. The average molecular weight is 238 g/mol. The molecule has 0 radical (unpaired) electrons. The molecule has 0 heterocycles. The molecule has 0 saturated carbocycles. The van der Waals surface area contributed by atoms with Gasteiger partial charge in [0.05, 0.1) is 5.83 Å². The lowest BCUT2D eigenvalue weighted by Gasteiger charge is -2.01. The van der Waals surface area contributed by atoms with Crippen LogP contribution < -0.4 is 0 Å². The van der Waals surface area contributed by atoms with Gasteiger partial charge in [0.25, 0.3) is 0 Å². The van der Waals surface area contributed by atoms with Crippen molar-refractivity contribution in [2.24, 2.45) is 5.92 Å². The summed E-state index contributed by atoms with van der Waals surface area (Å²) in [6, 6.07) is 0. The molecular weight excluding hydrogens is 229 g/mol. The molecule has 1 rings (SSSR count). The molecule has 0 bridgehead atoms. The summed E-state index contributed by atoms with van der Waals surface area (Å²) in [7, 11) is 1.94. The second-order valence-electron chi connectivity index (χ2n) is 2.60. The summed E-state index contributed by atoms with van der Waals surface area (Å²) in [6.07, 6.45) is 2.77. The Bertz CT molecular complexity index is 135. The number of hydrogen-bond acceptors (Lipinski definition) is 0. The van der Waals surface area contributed by atoms with Crippen molar-refractivity contribution >= 4 is 30.4 Å². The third kappa shape index (κ3) is 1.69. The van der Waals surface area contributed by atoms with Crippen LogP contribution >= 0.6 is 22.6 Å². The number of hydrogen-bond donors (Lipinski definition) is 0. The molecule has 0 saturated heterocycles. The molecule has 0 spiro atoms. The van der Waals surface area contributed by atoms with E-state index in [4.69, 9.17) is 0 Å². The van der Waals surface area contributed by atoms with Crippen LogP contribution in [0.4, 0.5) is 4.39 Å². The lowest BCUT2D eigenvalue weighted by molar-refractivity contribution is 0.597. The van der Waals surface area contributed by atoms with Crippen molar-refractivity contribution in [3.8, 4) is 0 Å². The molecule has 0 fully saturated rings. The maximum Gasteiger partial charge on any atom is 0.114 e. The van der Waals surface area contributed by atoms with Gasteiger partial charge in [0.2, 0.25) is 0 Å². The predicted octanol–water partition coefficient (Wildman–Crippen LogP) is 1.72. The molecule has 50 valence electrons. The van der Waals surface area contributed by atoms with E-state index in [0.29, 0.717) is 5.92 Å². The molecular formula is C6H9BFI. The molecule has 0 nitrogen and oxygen atoms in total. The van der Waals surface area contributed by atoms with Crippen molar-refractivity contribution in [3.63, 3.8) is 0 Å². The van der Waals surface area contributed by atoms with E-state index in [2.05, 4.69) is 22.6 Å². The van der Waals surface area contributed by atoms with Gasteiger partial charge in [0.1, 0.15) is 7.85 Å². The standard InChI is InChI=1S/C6H9BFI/c7-5-1-4(3-9)2-6(5)8/h2,4-5H,1,3,7H2. The molecule has 2 unspecified atom stereocenters. The third-order valence-corrected chi connectivity index (χ3v) is 2.85. The Labute approximate surface area is 69.4 Å². The quantitative estimate of drug-likeness (QED) is 0.370. The van der Waals surface area contributed by atoms with Crippen LogP contribution in [0.15, 0.2) is 11.9 Å². The van der Waals surface area contributed by atoms with Crippen LogP contribution in [0.5, 0.6) is 0 Å². The molecule has 0 aromatic rings. The number of alkyl halides is 1. The van der Waals surface area contributed by atoms with E-state index in [1.165, 1.54) is 0 Å². The highest BCUT2D eigenvalue weighted by Gasteiger charge is 2.21. The van der Waals surface area contributed by atoms with Crippen LogP contribution in [0.2, 0.25) is 5.82 Å². The maximum absolute atomic E-state index is 12.6. The van der Waals surface area contributed by atoms with E-state index in [1.807, 2.05) is 7.85 Å². The Hall–Kier alpha value is 0.465. The minimum Gasteiger partial charge on any atom is -0.213 e. The summed E-state index contributed by atoms with van der Waals surface area (Å²) < 4.78 is 13.7. The van der Waals surface area contributed by atoms with Crippen molar-refractivity contribution in [1.29, 1.82) is 0 Å². The maximum atomic E-state index is 12.6.